The fourth-order valence-electron chi connectivity index (χ4n) is 1.61. The third-order valence-electron chi connectivity index (χ3n) is 2.61. The van der Waals surface area contributed by atoms with E-state index >= 15 is 0 Å². The number of rotatable bonds is 4. The molecule has 0 saturated heterocycles. The number of hydrogen-bond donors (Lipinski definition) is 1. The Balaban J connectivity index is 2.15. The van der Waals surface area contributed by atoms with Gasteiger partial charge in [-0.1, -0.05) is 6.07 Å². The molecule has 0 bridgehead atoms. The van der Waals surface area contributed by atoms with E-state index < -0.39 is 0 Å². The third-order valence-corrected chi connectivity index (χ3v) is 3.47. The highest BCUT2D eigenvalue weighted by atomic mass is 32.1. The smallest absolute Gasteiger partial charge is 0.165 e. The Morgan fingerprint density at radius 3 is 2.83 bits per heavy atom. The lowest BCUT2D eigenvalue weighted by Crippen LogP contribution is -2.05. The van der Waals surface area contributed by atoms with Crippen molar-refractivity contribution in [3.63, 3.8) is 0 Å². The molecule has 5 heteroatoms. The molecule has 0 aliphatic carbocycles. The SMILES string of the molecule is COc1ccc(Cc2nc(C(C)N)cs2)cc1F. The summed E-state index contributed by atoms with van der Waals surface area (Å²) < 4.78 is 18.4. The van der Waals surface area contributed by atoms with Crippen LogP contribution < -0.4 is 10.5 Å². The number of halogens is 1. The zero-order valence-electron chi connectivity index (χ0n) is 10.3. The summed E-state index contributed by atoms with van der Waals surface area (Å²) in [6, 6.07) is 4.88. The molecule has 1 aromatic carbocycles. The zero-order chi connectivity index (χ0) is 13.1. The molecule has 3 nitrogen and oxygen atoms in total. The first-order valence-electron chi connectivity index (χ1n) is 5.62. The lowest BCUT2D eigenvalue weighted by atomic mass is 10.1. The molecule has 2 rings (SSSR count). The van der Waals surface area contributed by atoms with Gasteiger partial charge in [-0.25, -0.2) is 9.37 Å². The van der Waals surface area contributed by atoms with Crippen molar-refractivity contribution >= 4 is 11.3 Å². The van der Waals surface area contributed by atoms with Crippen LogP contribution in [0.15, 0.2) is 23.6 Å². The van der Waals surface area contributed by atoms with Gasteiger partial charge in [0.1, 0.15) is 0 Å². The van der Waals surface area contributed by atoms with Gasteiger partial charge in [0.25, 0.3) is 0 Å². The first kappa shape index (κ1) is 13.0. The van der Waals surface area contributed by atoms with Gasteiger partial charge in [0.15, 0.2) is 11.6 Å². The number of benzene rings is 1. The van der Waals surface area contributed by atoms with Crippen LogP contribution in [0.1, 0.15) is 29.2 Å². The minimum Gasteiger partial charge on any atom is -0.494 e. The van der Waals surface area contributed by atoms with E-state index in [1.54, 1.807) is 17.4 Å². The van der Waals surface area contributed by atoms with Crippen LogP contribution in [0.3, 0.4) is 0 Å². The molecular formula is C13H15FN2OS. The maximum absolute atomic E-state index is 13.5. The topological polar surface area (TPSA) is 48.1 Å². The minimum absolute atomic E-state index is 0.0670. The van der Waals surface area contributed by atoms with Gasteiger partial charge in [0, 0.05) is 17.8 Å². The van der Waals surface area contributed by atoms with Crippen molar-refractivity contribution in [2.75, 3.05) is 7.11 Å². The van der Waals surface area contributed by atoms with Crippen LogP contribution in [0.5, 0.6) is 5.75 Å². The molecule has 0 spiro atoms. The van der Waals surface area contributed by atoms with Gasteiger partial charge in [0.2, 0.25) is 0 Å². The Bertz CT molecular complexity index is 540. The number of hydrogen-bond acceptors (Lipinski definition) is 4. The van der Waals surface area contributed by atoms with E-state index in [9.17, 15) is 4.39 Å². The fourth-order valence-corrected chi connectivity index (χ4v) is 2.54. The summed E-state index contributed by atoms with van der Waals surface area (Å²) in [5.74, 6) is -0.0897. The number of aromatic nitrogens is 1. The second-order valence-corrected chi connectivity index (χ2v) is 5.04. The fraction of sp³-hybridized carbons (Fsp3) is 0.308. The molecule has 18 heavy (non-hydrogen) atoms. The zero-order valence-corrected chi connectivity index (χ0v) is 11.1. The number of methoxy groups -OCH3 is 1. The Labute approximate surface area is 109 Å². The second kappa shape index (κ2) is 5.46. The van der Waals surface area contributed by atoms with Crippen LogP contribution in [0.2, 0.25) is 0 Å². The van der Waals surface area contributed by atoms with E-state index in [0.717, 1.165) is 16.3 Å². The summed E-state index contributed by atoms with van der Waals surface area (Å²) >= 11 is 1.54. The third kappa shape index (κ3) is 2.86. The molecular weight excluding hydrogens is 251 g/mol. The Kier molecular flexibility index (Phi) is 3.93. The molecule has 0 aliphatic heterocycles. The van der Waals surface area contributed by atoms with E-state index in [4.69, 9.17) is 10.5 Å². The van der Waals surface area contributed by atoms with E-state index in [-0.39, 0.29) is 17.6 Å². The summed E-state index contributed by atoms with van der Waals surface area (Å²) in [5.41, 5.74) is 7.50. The molecule has 2 N–H and O–H groups in total. The van der Waals surface area contributed by atoms with E-state index in [2.05, 4.69) is 4.98 Å². The van der Waals surface area contributed by atoms with Gasteiger partial charge in [-0.3, -0.25) is 0 Å². The van der Waals surface area contributed by atoms with Crippen molar-refractivity contribution in [3.05, 3.63) is 45.7 Å². The normalized spacial score (nSPS) is 12.4. The highest BCUT2D eigenvalue weighted by Crippen LogP contribution is 2.22. The van der Waals surface area contributed by atoms with Gasteiger partial charge in [-0.05, 0) is 24.6 Å². The molecule has 1 unspecified atom stereocenters. The van der Waals surface area contributed by atoms with Crippen molar-refractivity contribution < 1.29 is 9.13 Å². The lowest BCUT2D eigenvalue weighted by Gasteiger charge is -2.04. The second-order valence-electron chi connectivity index (χ2n) is 4.10. The molecule has 2 aromatic rings. The standard InChI is InChI=1S/C13H15FN2OS/c1-8(15)11-7-18-13(16-11)6-9-3-4-12(17-2)10(14)5-9/h3-5,7-8H,6,15H2,1-2H3. The van der Waals surface area contributed by atoms with Gasteiger partial charge >= 0.3 is 0 Å². The molecule has 0 radical (unpaired) electrons. The van der Waals surface area contributed by atoms with E-state index in [1.807, 2.05) is 18.4 Å². The maximum atomic E-state index is 13.5. The van der Waals surface area contributed by atoms with Gasteiger partial charge < -0.3 is 10.5 Å². The first-order valence-corrected chi connectivity index (χ1v) is 6.50. The average Bonchev–Trinajstić information content (AvgIpc) is 2.78. The van der Waals surface area contributed by atoms with Crippen molar-refractivity contribution in [3.8, 4) is 5.75 Å². The maximum Gasteiger partial charge on any atom is 0.165 e. The van der Waals surface area contributed by atoms with Crippen LogP contribution in [0.4, 0.5) is 4.39 Å². The molecule has 0 fully saturated rings. The number of nitrogens with two attached hydrogens (primary N) is 1. The minimum atomic E-state index is -0.348. The number of ether oxygens (including phenoxy) is 1. The van der Waals surface area contributed by atoms with Crippen molar-refractivity contribution in [1.29, 1.82) is 0 Å². The van der Waals surface area contributed by atoms with Crippen LogP contribution >= 0.6 is 11.3 Å². The molecule has 0 aliphatic rings. The summed E-state index contributed by atoms with van der Waals surface area (Å²) in [7, 11) is 1.45. The molecule has 1 aromatic heterocycles. The monoisotopic (exact) mass is 266 g/mol. The number of nitrogens with zero attached hydrogens (tertiary/aromatic N) is 1. The molecule has 0 amide bonds. The van der Waals surface area contributed by atoms with Gasteiger partial charge in [-0.2, -0.15) is 0 Å². The van der Waals surface area contributed by atoms with Crippen molar-refractivity contribution in [1.82, 2.24) is 4.98 Å². The highest BCUT2D eigenvalue weighted by molar-refractivity contribution is 7.09. The Morgan fingerprint density at radius 2 is 2.28 bits per heavy atom. The predicted octanol–water partition coefficient (Wildman–Crippen LogP) is 2.90. The Morgan fingerprint density at radius 1 is 1.50 bits per heavy atom. The van der Waals surface area contributed by atoms with Crippen molar-refractivity contribution in [2.24, 2.45) is 5.73 Å². The van der Waals surface area contributed by atoms with Crippen LogP contribution in [0.25, 0.3) is 0 Å². The van der Waals surface area contributed by atoms with Gasteiger partial charge in [0.05, 0.1) is 17.8 Å². The van der Waals surface area contributed by atoms with E-state index in [1.165, 1.54) is 13.2 Å². The largest absolute Gasteiger partial charge is 0.494 e. The molecule has 1 atom stereocenters. The summed E-state index contributed by atoms with van der Waals surface area (Å²) in [5, 5.41) is 2.88. The van der Waals surface area contributed by atoms with Crippen molar-refractivity contribution in [2.45, 2.75) is 19.4 Å². The van der Waals surface area contributed by atoms with Crippen LogP contribution in [0, 0.1) is 5.82 Å². The molecule has 96 valence electrons. The Hall–Kier alpha value is -1.46. The van der Waals surface area contributed by atoms with Crippen LogP contribution in [-0.2, 0) is 6.42 Å². The van der Waals surface area contributed by atoms with Gasteiger partial charge in [-0.15, -0.1) is 11.3 Å². The summed E-state index contributed by atoms with van der Waals surface area (Å²) in [6.45, 7) is 1.89. The first-order chi connectivity index (χ1) is 8.60. The summed E-state index contributed by atoms with van der Waals surface area (Å²) in [4.78, 5) is 4.42. The quantitative estimate of drug-likeness (QED) is 0.925. The summed E-state index contributed by atoms with van der Waals surface area (Å²) in [6.07, 6.45) is 0.609. The molecule has 1 heterocycles. The molecule has 0 saturated carbocycles. The van der Waals surface area contributed by atoms with Crippen LogP contribution in [-0.4, -0.2) is 12.1 Å². The highest BCUT2D eigenvalue weighted by Gasteiger charge is 2.08. The predicted molar refractivity (Wildman–Crippen MR) is 70.5 cm³/mol. The number of thiazole rings is 1. The average molecular weight is 266 g/mol. The lowest BCUT2D eigenvalue weighted by molar-refractivity contribution is 0.386. The van der Waals surface area contributed by atoms with E-state index in [0.29, 0.717) is 6.42 Å².